The zero-order valence-electron chi connectivity index (χ0n) is 14.1. The summed E-state index contributed by atoms with van der Waals surface area (Å²) in [4.78, 5) is 33.0. The number of nitrogens with zero attached hydrogens (tertiary/aromatic N) is 3. The van der Waals surface area contributed by atoms with Crippen molar-refractivity contribution in [3.8, 4) is 0 Å². The van der Waals surface area contributed by atoms with Crippen LogP contribution in [0, 0.1) is 5.92 Å². The van der Waals surface area contributed by atoms with Crippen LogP contribution in [0.25, 0.3) is 10.2 Å². The van der Waals surface area contributed by atoms with E-state index in [9.17, 15) is 9.59 Å². The van der Waals surface area contributed by atoms with Gasteiger partial charge in [0.15, 0.2) is 0 Å². The fourth-order valence-electron chi connectivity index (χ4n) is 4.07. The molecule has 6 heteroatoms. The minimum absolute atomic E-state index is 0.0979. The molecule has 4 rings (SSSR count). The van der Waals surface area contributed by atoms with Crippen LogP contribution < -0.4 is 5.56 Å². The third-order valence-corrected chi connectivity index (χ3v) is 6.58. The van der Waals surface area contributed by atoms with Crippen LogP contribution in [-0.4, -0.2) is 26.9 Å². The molecule has 0 radical (unpaired) electrons. The lowest BCUT2D eigenvalue weighted by Crippen LogP contribution is -2.34. The molecule has 24 heavy (non-hydrogen) atoms. The van der Waals surface area contributed by atoms with Gasteiger partial charge in [0.1, 0.15) is 4.83 Å². The van der Waals surface area contributed by atoms with Crippen molar-refractivity contribution >= 4 is 27.5 Å². The number of rotatable bonds is 2. The molecule has 0 N–H and O–H groups in total. The summed E-state index contributed by atoms with van der Waals surface area (Å²) in [5.41, 5.74) is 1.24. The van der Waals surface area contributed by atoms with Gasteiger partial charge in [-0.15, -0.1) is 11.3 Å². The Hall–Kier alpha value is -1.69. The molecular formula is C18H23N3O2S. The highest BCUT2D eigenvalue weighted by molar-refractivity contribution is 7.18. The summed E-state index contributed by atoms with van der Waals surface area (Å²) in [5.74, 6) is 0.708. The average molecular weight is 345 g/mol. The quantitative estimate of drug-likeness (QED) is 0.841. The van der Waals surface area contributed by atoms with Crippen molar-refractivity contribution in [2.45, 2.75) is 58.5 Å². The Morgan fingerprint density at radius 3 is 2.88 bits per heavy atom. The Labute approximate surface area is 145 Å². The van der Waals surface area contributed by atoms with Crippen LogP contribution in [0.1, 0.15) is 49.5 Å². The second-order valence-electron chi connectivity index (χ2n) is 7.08. The molecule has 0 spiro atoms. The molecule has 1 amide bonds. The first-order chi connectivity index (χ1) is 11.6. The summed E-state index contributed by atoms with van der Waals surface area (Å²) in [6.45, 7) is 3.72. The largest absolute Gasteiger partial charge is 0.337 e. The Bertz CT molecular complexity index is 833. The minimum atomic E-state index is 0.0979. The predicted octanol–water partition coefficient (Wildman–Crippen LogP) is 2.94. The number of thiophene rings is 1. The zero-order chi connectivity index (χ0) is 16.7. The van der Waals surface area contributed by atoms with E-state index in [2.05, 4.69) is 4.98 Å². The monoisotopic (exact) mass is 345 g/mol. The molecule has 0 bridgehead atoms. The predicted molar refractivity (Wildman–Crippen MR) is 95.3 cm³/mol. The van der Waals surface area contributed by atoms with E-state index in [4.69, 9.17) is 0 Å². The maximum absolute atomic E-state index is 13.0. The first kappa shape index (κ1) is 15.8. The lowest BCUT2D eigenvalue weighted by Gasteiger charge is -2.25. The van der Waals surface area contributed by atoms with E-state index in [1.165, 1.54) is 32.1 Å². The molecule has 3 heterocycles. The van der Waals surface area contributed by atoms with E-state index >= 15 is 0 Å². The minimum Gasteiger partial charge on any atom is -0.337 e. The first-order valence-corrected chi connectivity index (χ1v) is 9.70. The molecule has 2 aliphatic rings. The number of carbonyl (C=O) groups is 1. The third-order valence-electron chi connectivity index (χ3n) is 5.45. The van der Waals surface area contributed by atoms with Crippen LogP contribution in [0.4, 0.5) is 0 Å². The molecule has 5 nitrogen and oxygen atoms in total. The highest BCUT2D eigenvalue weighted by Gasteiger charge is 2.25. The summed E-state index contributed by atoms with van der Waals surface area (Å²) in [6.07, 6.45) is 8.82. The van der Waals surface area contributed by atoms with E-state index in [0.717, 1.165) is 33.6 Å². The number of carbonyl (C=O) groups excluding carboxylic acids is 1. The van der Waals surface area contributed by atoms with Crippen molar-refractivity contribution in [1.29, 1.82) is 0 Å². The average Bonchev–Trinajstić information content (AvgIpc) is 2.96. The highest BCUT2D eigenvalue weighted by Crippen LogP contribution is 2.32. The second-order valence-corrected chi connectivity index (χ2v) is 8.16. The lowest BCUT2D eigenvalue weighted by molar-refractivity contribution is -0.129. The van der Waals surface area contributed by atoms with Crippen LogP contribution >= 0.6 is 11.3 Å². The molecule has 2 aromatic heterocycles. The van der Waals surface area contributed by atoms with E-state index in [1.54, 1.807) is 24.6 Å². The van der Waals surface area contributed by atoms with Crippen molar-refractivity contribution in [2.24, 2.45) is 5.92 Å². The maximum atomic E-state index is 13.0. The van der Waals surface area contributed by atoms with Crippen molar-refractivity contribution in [3.63, 3.8) is 0 Å². The standard InChI is InChI=1S/C18H23N3O2S/c1-12(22)20-8-7-14-15(10-20)24-17-16(14)18(23)21(11-19-17)9-13-5-3-2-4-6-13/h11,13H,2-10H2,1H3. The maximum Gasteiger partial charge on any atom is 0.262 e. The van der Waals surface area contributed by atoms with Gasteiger partial charge >= 0.3 is 0 Å². The second kappa shape index (κ2) is 6.31. The Morgan fingerprint density at radius 2 is 2.12 bits per heavy atom. The van der Waals surface area contributed by atoms with E-state index < -0.39 is 0 Å². The van der Waals surface area contributed by atoms with Crippen LogP contribution in [0.15, 0.2) is 11.1 Å². The fourth-order valence-corrected chi connectivity index (χ4v) is 5.26. The van der Waals surface area contributed by atoms with Gasteiger partial charge in [-0.05, 0) is 30.7 Å². The number of aromatic nitrogens is 2. The molecule has 128 valence electrons. The van der Waals surface area contributed by atoms with Gasteiger partial charge in [0.25, 0.3) is 5.56 Å². The number of fused-ring (bicyclic) bond motifs is 3. The summed E-state index contributed by atoms with van der Waals surface area (Å²) >= 11 is 1.57. The number of amides is 1. The zero-order valence-corrected chi connectivity index (χ0v) is 14.9. The Kier molecular flexibility index (Phi) is 4.16. The van der Waals surface area contributed by atoms with Crippen LogP contribution in [-0.2, 0) is 24.3 Å². The number of hydrogen-bond acceptors (Lipinski definition) is 4. The van der Waals surface area contributed by atoms with Crippen LogP contribution in [0.3, 0.4) is 0 Å². The molecule has 1 saturated carbocycles. The van der Waals surface area contributed by atoms with Crippen LogP contribution in [0.5, 0.6) is 0 Å². The molecule has 1 aliphatic carbocycles. The molecule has 2 aromatic rings. The van der Waals surface area contributed by atoms with Crippen molar-refractivity contribution in [2.75, 3.05) is 6.54 Å². The third kappa shape index (κ3) is 2.77. The van der Waals surface area contributed by atoms with E-state index in [1.807, 2.05) is 9.47 Å². The number of hydrogen-bond donors (Lipinski definition) is 0. The molecule has 0 unspecified atom stereocenters. The van der Waals surface area contributed by atoms with Gasteiger partial charge in [0, 0.05) is 24.9 Å². The molecule has 1 fully saturated rings. The summed E-state index contributed by atoms with van der Waals surface area (Å²) in [6, 6.07) is 0. The van der Waals surface area contributed by atoms with E-state index in [0.29, 0.717) is 19.0 Å². The molecule has 0 saturated heterocycles. The van der Waals surface area contributed by atoms with Gasteiger partial charge in [-0.25, -0.2) is 4.98 Å². The normalized spacial score (nSPS) is 18.8. The molecule has 0 atom stereocenters. The van der Waals surface area contributed by atoms with Gasteiger partial charge in [0.2, 0.25) is 5.91 Å². The topological polar surface area (TPSA) is 55.2 Å². The van der Waals surface area contributed by atoms with Gasteiger partial charge in [0.05, 0.1) is 18.3 Å². The molecule has 0 aromatic carbocycles. The fraction of sp³-hybridized carbons (Fsp3) is 0.611. The summed E-state index contributed by atoms with van der Waals surface area (Å²) < 4.78 is 1.82. The smallest absolute Gasteiger partial charge is 0.262 e. The Morgan fingerprint density at radius 1 is 1.33 bits per heavy atom. The van der Waals surface area contributed by atoms with Gasteiger partial charge in [-0.2, -0.15) is 0 Å². The lowest BCUT2D eigenvalue weighted by atomic mass is 9.89. The van der Waals surface area contributed by atoms with Crippen molar-refractivity contribution < 1.29 is 4.79 Å². The van der Waals surface area contributed by atoms with Crippen molar-refractivity contribution in [3.05, 3.63) is 27.1 Å². The summed E-state index contributed by atoms with van der Waals surface area (Å²) in [5, 5.41) is 0.802. The van der Waals surface area contributed by atoms with Crippen LogP contribution in [0.2, 0.25) is 0 Å². The van der Waals surface area contributed by atoms with Crippen molar-refractivity contribution in [1.82, 2.24) is 14.5 Å². The van der Waals surface area contributed by atoms with Gasteiger partial charge in [-0.3, -0.25) is 14.2 Å². The highest BCUT2D eigenvalue weighted by atomic mass is 32.1. The van der Waals surface area contributed by atoms with E-state index in [-0.39, 0.29) is 11.5 Å². The first-order valence-electron chi connectivity index (χ1n) is 8.88. The molecule has 1 aliphatic heterocycles. The Balaban J connectivity index is 1.69. The summed E-state index contributed by atoms with van der Waals surface area (Å²) in [7, 11) is 0. The SMILES string of the molecule is CC(=O)N1CCc2c(sc3ncn(CC4CCCCC4)c(=O)c23)C1. The van der Waals surface area contributed by atoms with Gasteiger partial charge in [-0.1, -0.05) is 19.3 Å². The molecular weight excluding hydrogens is 322 g/mol. The van der Waals surface area contributed by atoms with Gasteiger partial charge < -0.3 is 4.90 Å².